The van der Waals surface area contributed by atoms with Gasteiger partial charge >= 0.3 is 0 Å². The Kier molecular flexibility index (Phi) is 5.50. The van der Waals surface area contributed by atoms with Crippen LogP contribution in [-0.4, -0.2) is 28.2 Å². The molecule has 152 valence electrons. The average molecular weight is 418 g/mol. The molecule has 0 radical (unpaired) electrons. The highest BCUT2D eigenvalue weighted by Gasteiger charge is 2.32. The number of carbonyl (C=O) groups is 2. The van der Waals surface area contributed by atoms with Gasteiger partial charge < -0.3 is 5.32 Å². The molecule has 5 nitrogen and oxygen atoms in total. The van der Waals surface area contributed by atoms with E-state index in [2.05, 4.69) is 48.1 Å². The van der Waals surface area contributed by atoms with E-state index in [1.54, 1.807) is 6.07 Å². The van der Waals surface area contributed by atoms with Crippen molar-refractivity contribution in [2.24, 2.45) is 0 Å². The topological polar surface area (TPSA) is 62.3 Å². The lowest BCUT2D eigenvalue weighted by Crippen LogP contribution is -2.32. The minimum Gasteiger partial charge on any atom is -0.300 e. The van der Waals surface area contributed by atoms with Crippen LogP contribution in [0.1, 0.15) is 39.7 Å². The van der Waals surface area contributed by atoms with Gasteiger partial charge in [-0.1, -0.05) is 62.4 Å². The fourth-order valence-electron chi connectivity index (χ4n) is 3.64. The first-order chi connectivity index (χ1) is 14.5. The molecule has 0 spiro atoms. The quantitative estimate of drug-likeness (QED) is 0.604. The van der Waals surface area contributed by atoms with E-state index in [1.165, 1.54) is 21.8 Å². The van der Waals surface area contributed by atoms with Crippen LogP contribution in [0.2, 0.25) is 0 Å². The average Bonchev–Trinajstić information content (AvgIpc) is 3.21. The van der Waals surface area contributed by atoms with Crippen molar-refractivity contribution in [3.8, 4) is 11.3 Å². The molecule has 1 aliphatic rings. The Hall–Kier alpha value is -3.25. The van der Waals surface area contributed by atoms with Crippen LogP contribution in [0.5, 0.6) is 0 Å². The second-order valence-corrected chi connectivity index (χ2v) is 8.51. The van der Waals surface area contributed by atoms with Gasteiger partial charge in [0.15, 0.2) is 5.13 Å². The smallest absolute Gasteiger partial charge is 0.259 e. The Morgan fingerprint density at radius 1 is 1.13 bits per heavy atom. The van der Waals surface area contributed by atoms with E-state index in [0.29, 0.717) is 16.4 Å². The third-order valence-electron chi connectivity index (χ3n) is 5.15. The molecule has 0 aliphatic carbocycles. The van der Waals surface area contributed by atoms with Gasteiger partial charge in [-0.25, -0.2) is 4.98 Å². The SMILES string of the molecule is C=C1c2ccccc2C(=O)N1CC(=O)Nc1nc(-c2ccc(CCC)cc2)c(C)s1. The summed E-state index contributed by atoms with van der Waals surface area (Å²) in [5.41, 5.74) is 5.10. The zero-order chi connectivity index (χ0) is 21.3. The first-order valence-corrected chi connectivity index (χ1v) is 10.8. The number of rotatable bonds is 6. The zero-order valence-electron chi connectivity index (χ0n) is 17.1. The number of aryl methyl sites for hydroxylation is 2. The van der Waals surface area contributed by atoms with E-state index in [1.807, 2.05) is 25.1 Å². The van der Waals surface area contributed by atoms with Gasteiger partial charge in [0.25, 0.3) is 5.91 Å². The minimum atomic E-state index is -0.295. The van der Waals surface area contributed by atoms with Crippen LogP contribution in [0.25, 0.3) is 17.0 Å². The monoisotopic (exact) mass is 417 g/mol. The Morgan fingerprint density at radius 2 is 1.83 bits per heavy atom. The van der Waals surface area contributed by atoms with Gasteiger partial charge in [0.2, 0.25) is 5.91 Å². The molecule has 0 bridgehead atoms. The van der Waals surface area contributed by atoms with E-state index in [4.69, 9.17) is 0 Å². The van der Waals surface area contributed by atoms with Crippen molar-refractivity contribution < 1.29 is 9.59 Å². The van der Waals surface area contributed by atoms with Crippen LogP contribution in [0, 0.1) is 6.92 Å². The number of aromatic nitrogens is 1. The van der Waals surface area contributed by atoms with Crippen molar-refractivity contribution in [1.29, 1.82) is 0 Å². The largest absolute Gasteiger partial charge is 0.300 e. The molecule has 6 heteroatoms. The molecule has 3 aromatic rings. The van der Waals surface area contributed by atoms with Gasteiger partial charge in [-0.3, -0.25) is 14.5 Å². The number of carbonyl (C=O) groups excluding carboxylic acids is 2. The lowest BCUT2D eigenvalue weighted by atomic mass is 10.1. The number of nitrogens with zero attached hydrogens (tertiary/aromatic N) is 2. The number of amides is 2. The summed E-state index contributed by atoms with van der Waals surface area (Å²) in [7, 11) is 0. The van der Waals surface area contributed by atoms with Crippen molar-refractivity contribution in [3.05, 3.63) is 76.7 Å². The summed E-state index contributed by atoms with van der Waals surface area (Å²) < 4.78 is 0. The normalized spacial score (nSPS) is 12.9. The summed E-state index contributed by atoms with van der Waals surface area (Å²) in [5, 5.41) is 3.36. The minimum absolute atomic E-state index is 0.0912. The van der Waals surface area contributed by atoms with Crippen LogP contribution in [0.4, 0.5) is 5.13 Å². The van der Waals surface area contributed by atoms with Crippen molar-refractivity contribution in [1.82, 2.24) is 9.88 Å². The predicted octanol–water partition coefficient (Wildman–Crippen LogP) is 5.14. The molecule has 1 aromatic heterocycles. The number of thiazole rings is 1. The molecule has 0 saturated heterocycles. The Labute approximate surface area is 180 Å². The van der Waals surface area contributed by atoms with Gasteiger partial charge in [-0.15, -0.1) is 11.3 Å². The van der Waals surface area contributed by atoms with Crippen molar-refractivity contribution in [2.75, 3.05) is 11.9 Å². The van der Waals surface area contributed by atoms with E-state index < -0.39 is 0 Å². The van der Waals surface area contributed by atoms with E-state index in [9.17, 15) is 9.59 Å². The summed E-state index contributed by atoms with van der Waals surface area (Å²) in [6.45, 7) is 8.04. The van der Waals surface area contributed by atoms with Gasteiger partial charge in [-0.2, -0.15) is 0 Å². The van der Waals surface area contributed by atoms with Crippen LogP contribution >= 0.6 is 11.3 Å². The predicted molar refractivity (Wildman–Crippen MR) is 121 cm³/mol. The van der Waals surface area contributed by atoms with Crippen molar-refractivity contribution in [3.63, 3.8) is 0 Å². The first-order valence-electron chi connectivity index (χ1n) is 9.94. The first kappa shape index (κ1) is 20.0. The molecule has 2 amide bonds. The maximum Gasteiger partial charge on any atom is 0.259 e. The summed E-state index contributed by atoms with van der Waals surface area (Å²) in [6, 6.07) is 15.7. The maximum absolute atomic E-state index is 12.6. The van der Waals surface area contributed by atoms with E-state index in [-0.39, 0.29) is 18.4 Å². The summed E-state index contributed by atoms with van der Waals surface area (Å²) in [4.78, 5) is 32.2. The Bertz CT molecular complexity index is 1100. The summed E-state index contributed by atoms with van der Waals surface area (Å²) in [5.74, 6) is -0.496. The molecule has 2 heterocycles. The summed E-state index contributed by atoms with van der Waals surface area (Å²) in [6.07, 6.45) is 2.17. The second kappa shape index (κ2) is 8.24. The third-order valence-corrected chi connectivity index (χ3v) is 6.04. The Morgan fingerprint density at radius 3 is 2.50 bits per heavy atom. The molecule has 4 rings (SSSR count). The number of nitrogens with one attached hydrogen (secondary N) is 1. The number of fused-ring (bicyclic) bond motifs is 1. The lowest BCUT2D eigenvalue weighted by Gasteiger charge is -2.16. The number of hydrogen-bond donors (Lipinski definition) is 1. The van der Waals surface area contributed by atoms with Crippen LogP contribution < -0.4 is 5.32 Å². The van der Waals surface area contributed by atoms with Crippen LogP contribution in [-0.2, 0) is 11.2 Å². The molecule has 0 saturated carbocycles. The fraction of sp³-hybridized carbons (Fsp3) is 0.208. The lowest BCUT2D eigenvalue weighted by molar-refractivity contribution is -0.116. The number of benzene rings is 2. The van der Waals surface area contributed by atoms with Crippen molar-refractivity contribution in [2.45, 2.75) is 26.7 Å². The highest BCUT2D eigenvalue weighted by Crippen LogP contribution is 2.32. The highest BCUT2D eigenvalue weighted by atomic mass is 32.1. The highest BCUT2D eigenvalue weighted by molar-refractivity contribution is 7.16. The molecule has 0 fully saturated rings. The number of hydrogen-bond acceptors (Lipinski definition) is 4. The summed E-state index contributed by atoms with van der Waals surface area (Å²) >= 11 is 1.43. The third kappa shape index (κ3) is 3.78. The van der Waals surface area contributed by atoms with Gasteiger partial charge in [0.1, 0.15) is 6.54 Å². The van der Waals surface area contributed by atoms with E-state index in [0.717, 1.165) is 34.5 Å². The fourth-order valence-corrected chi connectivity index (χ4v) is 4.49. The molecule has 0 atom stereocenters. The van der Waals surface area contributed by atoms with Crippen LogP contribution in [0.3, 0.4) is 0 Å². The number of anilines is 1. The van der Waals surface area contributed by atoms with E-state index >= 15 is 0 Å². The van der Waals surface area contributed by atoms with Gasteiger partial charge in [0.05, 0.1) is 5.69 Å². The molecule has 0 unspecified atom stereocenters. The van der Waals surface area contributed by atoms with Gasteiger partial charge in [-0.05, 0) is 25.0 Å². The standard InChI is InChI=1S/C24H23N3O2S/c1-4-7-17-10-12-18(13-11-17)22-16(3)30-24(26-22)25-21(28)14-27-15(2)19-8-5-6-9-20(19)23(27)29/h5-6,8-13H,2,4,7,14H2,1,3H3,(H,25,26,28). The molecule has 30 heavy (non-hydrogen) atoms. The van der Waals surface area contributed by atoms with Crippen LogP contribution in [0.15, 0.2) is 55.1 Å². The zero-order valence-corrected chi connectivity index (χ0v) is 17.9. The molecule has 1 N–H and O–H groups in total. The molecular weight excluding hydrogens is 394 g/mol. The Balaban J connectivity index is 1.45. The molecular formula is C24H23N3O2S. The van der Waals surface area contributed by atoms with Crippen molar-refractivity contribution >= 4 is 34.0 Å². The molecule has 2 aromatic carbocycles. The second-order valence-electron chi connectivity index (χ2n) is 7.30. The van der Waals surface area contributed by atoms with Gasteiger partial charge in [0, 0.05) is 27.3 Å². The maximum atomic E-state index is 12.6. The molecule has 1 aliphatic heterocycles.